The van der Waals surface area contributed by atoms with Crippen LogP contribution in [-0.2, 0) is 0 Å². The van der Waals surface area contributed by atoms with Gasteiger partial charge in [-0.3, -0.25) is 0 Å². The molecule has 0 aromatic heterocycles. The zero-order chi connectivity index (χ0) is 11.5. The average molecular weight is 284 g/mol. The van der Waals surface area contributed by atoms with Gasteiger partial charge in [0.15, 0.2) is 0 Å². The van der Waals surface area contributed by atoms with Crippen molar-refractivity contribution in [2.24, 2.45) is 11.7 Å². The first kappa shape index (κ1) is 12.1. The molecular formula is C13H18BrNO. The molecule has 2 nitrogen and oxygen atoms in total. The molecule has 1 fully saturated rings. The van der Waals surface area contributed by atoms with Crippen molar-refractivity contribution < 1.29 is 5.11 Å². The van der Waals surface area contributed by atoms with E-state index in [0.717, 1.165) is 22.9 Å². The molecule has 1 aromatic rings. The highest BCUT2D eigenvalue weighted by Crippen LogP contribution is 2.36. The van der Waals surface area contributed by atoms with E-state index in [9.17, 15) is 5.11 Å². The van der Waals surface area contributed by atoms with Gasteiger partial charge in [-0.15, -0.1) is 0 Å². The maximum absolute atomic E-state index is 10.3. The summed E-state index contributed by atoms with van der Waals surface area (Å²) in [6, 6.07) is 8.09. The number of aliphatic hydroxyl groups is 1. The normalized spacial score (nSPS) is 20.2. The summed E-state index contributed by atoms with van der Waals surface area (Å²) in [5, 5.41) is 10.3. The lowest BCUT2D eigenvalue weighted by atomic mass is 9.75. The Labute approximate surface area is 105 Å². The standard InChI is InChI=1S/C13H18BrNO/c14-11-6-2-5-10(7-11)12(8-15)13(16)9-3-1-4-9/h2,5-7,9,12-13,16H,1,3-4,8,15H2. The van der Waals surface area contributed by atoms with E-state index in [2.05, 4.69) is 22.0 Å². The van der Waals surface area contributed by atoms with Crippen LogP contribution in [0.25, 0.3) is 0 Å². The summed E-state index contributed by atoms with van der Waals surface area (Å²) < 4.78 is 1.05. The largest absolute Gasteiger partial charge is 0.392 e. The Bertz CT molecular complexity index is 352. The lowest BCUT2D eigenvalue weighted by Gasteiger charge is -2.35. The highest BCUT2D eigenvalue weighted by atomic mass is 79.9. The third-order valence-corrected chi connectivity index (χ3v) is 4.07. The first-order valence-corrected chi connectivity index (χ1v) is 6.65. The maximum Gasteiger partial charge on any atom is 0.0648 e. The number of halogens is 1. The van der Waals surface area contributed by atoms with Gasteiger partial charge in [0.25, 0.3) is 0 Å². The number of benzene rings is 1. The highest BCUT2D eigenvalue weighted by molar-refractivity contribution is 9.10. The fourth-order valence-corrected chi connectivity index (χ4v) is 2.74. The molecule has 0 saturated heterocycles. The van der Waals surface area contributed by atoms with Crippen LogP contribution >= 0.6 is 15.9 Å². The van der Waals surface area contributed by atoms with Crippen molar-refractivity contribution in [2.75, 3.05) is 6.54 Å². The van der Waals surface area contributed by atoms with Crippen LogP contribution in [0.15, 0.2) is 28.7 Å². The van der Waals surface area contributed by atoms with Crippen LogP contribution in [0.4, 0.5) is 0 Å². The first-order chi connectivity index (χ1) is 7.72. The van der Waals surface area contributed by atoms with Crippen LogP contribution in [-0.4, -0.2) is 17.8 Å². The maximum atomic E-state index is 10.3. The highest BCUT2D eigenvalue weighted by Gasteiger charge is 2.31. The molecular weight excluding hydrogens is 266 g/mol. The third-order valence-electron chi connectivity index (χ3n) is 3.58. The van der Waals surface area contributed by atoms with E-state index in [1.54, 1.807) is 0 Å². The van der Waals surface area contributed by atoms with Gasteiger partial charge in [-0.25, -0.2) is 0 Å². The molecule has 0 radical (unpaired) electrons. The summed E-state index contributed by atoms with van der Waals surface area (Å²) in [5.74, 6) is 0.523. The summed E-state index contributed by atoms with van der Waals surface area (Å²) >= 11 is 3.45. The second-order valence-electron chi connectivity index (χ2n) is 4.58. The molecule has 2 unspecified atom stereocenters. The monoisotopic (exact) mass is 283 g/mol. The molecule has 0 amide bonds. The molecule has 1 aliphatic rings. The predicted molar refractivity (Wildman–Crippen MR) is 69.3 cm³/mol. The van der Waals surface area contributed by atoms with E-state index in [1.165, 1.54) is 6.42 Å². The van der Waals surface area contributed by atoms with E-state index in [1.807, 2.05) is 18.2 Å². The SMILES string of the molecule is NCC(c1cccc(Br)c1)C(O)C1CCC1. The second-order valence-corrected chi connectivity index (χ2v) is 5.49. The Kier molecular flexibility index (Phi) is 4.00. The van der Waals surface area contributed by atoms with Crippen LogP contribution in [0, 0.1) is 5.92 Å². The zero-order valence-electron chi connectivity index (χ0n) is 9.27. The van der Waals surface area contributed by atoms with Crippen LogP contribution in [0.1, 0.15) is 30.7 Å². The van der Waals surface area contributed by atoms with Crippen LogP contribution in [0.3, 0.4) is 0 Å². The molecule has 1 saturated carbocycles. The van der Waals surface area contributed by atoms with Crippen molar-refractivity contribution in [2.45, 2.75) is 31.3 Å². The lowest BCUT2D eigenvalue weighted by Crippen LogP contribution is -2.35. The summed E-state index contributed by atoms with van der Waals surface area (Å²) in [6.07, 6.45) is 3.25. The van der Waals surface area contributed by atoms with Crippen molar-refractivity contribution in [1.82, 2.24) is 0 Å². The molecule has 0 bridgehead atoms. The molecule has 3 heteroatoms. The smallest absolute Gasteiger partial charge is 0.0648 e. The molecule has 2 atom stereocenters. The quantitative estimate of drug-likeness (QED) is 0.893. The van der Waals surface area contributed by atoms with Crippen molar-refractivity contribution in [3.63, 3.8) is 0 Å². The van der Waals surface area contributed by atoms with Gasteiger partial charge in [-0.2, -0.15) is 0 Å². The fourth-order valence-electron chi connectivity index (χ4n) is 2.32. The van der Waals surface area contributed by atoms with Crippen molar-refractivity contribution >= 4 is 15.9 Å². The van der Waals surface area contributed by atoms with Gasteiger partial charge in [0.1, 0.15) is 0 Å². The van der Waals surface area contributed by atoms with E-state index in [4.69, 9.17) is 5.73 Å². The molecule has 88 valence electrons. The molecule has 0 heterocycles. The third kappa shape index (κ3) is 2.47. The summed E-state index contributed by atoms with van der Waals surface area (Å²) in [5.41, 5.74) is 6.93. The van der Waals surface area contributed by atoms with Gasteiger partial charge < -0.3 is 10.8 Å². The molecule has 2 rings (SSSR count). The Hall–Kier alpha value is -0.380. The van der Waals surface area contributed by atoms with Gasteiger partial charge in [-0.05, 0) is 36.5 Å². The topological polar surface area (TPSA) is 46.2 Å². The Morgan fingerprint density at radius 2 is 2.19 bits per heavy atom. The van der Waals surface area contributed by atoms with Gasteiger partial charge in [0.05, 0.1) is 6.10 Å². The van der Waals surface area contributed by atoms with Crippen LogP contribution in [0.2, 0.25) is 0 Å². The Morgan fingerprint density at radius 1 is 1.44 bits per heavy atom. The molecule has 16 heavy (non-hydrogen) atoms. The molecule has 0 spiro atoms. The summed E-state index contributed by atoms with van der Waals surface area (Å²) in [6.45, 7) is 0.508. The van der Waals surface area contributed by atoms with E-state index in [-0.39, 0.29) is 12.0 Å². The number of hydrogen-bond acceptors (Lipinski definition) is 2. The van der Waals surface area contributed by atoms with Crippen molar-refractivity contribution in [3.05, 3.63) is 34.3 Å². The molecule has 1 aliphatic carbocycles. The zero-order valence-corrected chi connectivity index (χ0v) is 10.9. The van der Waals surface area contributed by atoms with Crippen molar-refractivity contribution in [1.29, 1.82) is 0 Å². The van der Waals surface area contributed by atoms with Crippen LogP contribution in [0.5, 0.6) is 0 Å². The van der Waals surface area contributed by atoms with Gasteiger partial charge in [-0.1, -0.05) is 34.5 Å². The number of rotatable bonds is 4. The summed E-state index contributed by atoms with van der Waals surface area (Å²) in [4.78, 5) is 0. The molecule has 0 aliphatic heterocycles. The molecule has 1 aromatic carbocycles. The van der Waals surface area contributed by atoms with Crippen LogP contribution < -0.4 is 5.73 Å². The fraction of sp³-hybridized carbons (Fsp3) is 0.538. The van der Waals surface area contributed by atoms with Crippen molar-refractivity contribution in [3.8, 4) is 0 Å². The minimum Gasteiger partial charge on any atom is -0.392 e. The van der Waals surface area contributed by atoms with Gasteiger partial charge in [0, 0.05) is 16.9 Å². The first-order valence-electron chi connectivity index (χ1n) is 5.86. The average Bonchev–Trinajstić information content (AvgIpc) is 2.16. The van der Waals surface area contributed by atoms with E-state index in [0.29, 0.717) is 12.5 Å². The number of aliphatic hydroxyl groups excluding tert-OH is 1. The summed E-state index contributed by atoms with van der Waals surface area (Å²) in [7, 11) is 0. The Morgan fingerprint density at radius 3 is 2.69 bits per heavy atom. The van der Waals surface area contributed by atoms with Gasteiger partial charge >= 0.3 is 0 Å². The minimum atomic E-state index is -0.284. The van der Waals surface area contributed by atoms with E-state index < -0.39 is 0 Å². The minimum absolute atomic E-state index is 0.0720. The lowest BCUT2D eigenvalue weighted by molar-refractivity contribution is 0.0420. The van der Waals surface area contributed by atoms with Gasteiger partial charge in [0.2, 0.25) is 0 Å². The molecule has 3 N–H and O–H groups in total. The van der Waals surface area contributed by atoms with E-state index >= 15 is 0 Å². The predicted octanol–water partition coefficient (Wildman–Crippen LogP) is 2.65. The number of hydrogen-bond donors (Lipinski definition) is 2. The number of nitrogens with two attached hydrogens (primary N) is 1. The Balaban J connectivity index is 2.14. The second kappa shape index (κ2) is 5.30.